The van der Waals surface area contributed by atoms with Gasteiger partial charge >= 0.3 is 0 Å². The first-order valence-corrected chi connectivity index (χ1v) is 5.46. The van der Waals surface area contributed by atoms with E-state index >= 15 is 0 Å². The second kappa shape index (κ2) is 5.14. The molecule has 0 saturated heterocycles. The fraction of sp³-hybridized carbons (Fsp3) is 0.615. The largest absolute Gasteiger partial charge is 0.272 e. The van der Waals surface area contributed by atoms with Crippen LogP contribution in [0.2, 0.25) is 0 Å². The lowest BCUT2D eigenvalue weighted by Crippen LogP contribution is -2.06. The Labute approximate surface area is 87.6 Å². The number of allylic oxidation sites excluding steroid dienone is 3. The molecule has 1 aliphatic rings. The summed E-state index contributed by atoms with van der Waals surface area (Å²) in [5.74, 6) is 1.51. The first-order valence-electron chi connectivity index (χ1n) is 5.46. The summed E-state index contributed by atoms with van der Waals surface area (Å²) < 4.78 is 0. The van der Waals surface area contributed by atoms with Crippen LogP contribution in [0.1, 0.15) is 40.0 Å². The molecule has 78 valence electrons. The van der Waals surface area contributed by atoms with Crippen LogP contribution < -0.4 is 0 Å². The summed E-state index contributed by atoms with van der Waals surface area (Å²) in [5.41, 5.74) is 2.71. The van der Waals surface area contributed by atoms with E-state index in [1.54, 1.807) is 0 Å². The Balaban J connectivity index is 2.82. The number of nitrogens with zero attached hydrogens (tertiary/aromatic N) is 1. The summed E-state index contributed by atoms with van der Waals surface area (Å²) in [6, 6.07) is 0. The molecule has 14 heavy (non-hydrogen) atoms. The molecule has 0 amide bonds. The topological polar surface area (TPSA) is 12.4 Å². The summed E-state index contributed by atoms with van der Waals surface area (Å²) >= 11 is 0. The lowest BCUT2D eigenvalue weighted by molar-refractivity contribution is 0.487. The van der Waals surface area contributed by atoms with Gasteiger partial charge in [-0.05, 0) is 44.4 Å². The average Bonchev–Trinajstić information content (AvgIpc) is 2.50. The zero-order valence-corrected chi connectivity index (χ0v) is 9.59. The molecule has 0 aromatic carbocycles. The third kappa shape index (κ3) is 2.83. The molecule has 0 spiro atoms. The van der Waals surface area contributed by atoms with Gasteiger partial charge in [-0.3, -0.25) is 4.99 Å². The Kier molecular flexibility index (Phi) is 4.12. The molecule has 1 rings (SSSR count). The predicted octanol–water partition coefficient (Wildman–Crippen LogP) is 3.97. The molecular weight excluding hydrogens is 170 g/mol. The Morgan fingerprint density at radius 3 is 2.50 bits per heavy atom. The molecule has 0 radical (unpaired) electrons. The fourth-order valence-corrected chi connectivity index (χ4v) is 2.32. The molecule has 0 aliphatic heterocycles. The van der Waals surface area contributed by atoms with E-state index in [9.17, 15) is 0 Å². The maximum absolute atomic E-state index is 3.91. The van der Waals surface area contributed by atoms with Gasteiger partial charge < -0.3 is 0 Å². The second-order valence-corrected chi connectivity index (χ2v) is 4.55. The molecule has 0 aromatic heterocycles. The molecule has 1 heteroatoms. The van der Waals surface area contributed by atoms with Crippen molar-refractivity contribution in [3.63, 3.8) is 0 Å². The van der Waals surface area contributed by atoms with Gasteiger partial charge in [-0.2, -0.15) is 0 Å². The van der Waals surface area contributed by atoms with E-state index in [0.29, 0.717) is 5.92 Å². The van der Waals surface area contributed by atoms with Crippen LogP contribution in [0.15, 0.2) is 28.4 Å². The van der Waals surface area contributed by atoms with E-state index in [2.05, 4.69) is 38.6 Å². The quantitative estimate of drug-likeness (QED) is 0.473. The zero-order chi connectivity index (χ0) is 10.6. The third-order valence-electron chi connectivity index (χ3n) is 2.99. The molecule has 1 nitrogen and oxygen atoms in total. The van der Waals surface area contributed by atoms with Gasteiger partial charge in [-0.25, -0.2) is 0 Å². The highest BCUT2D eigenvalue weighted by atomic mass is 14.6. The van der Waals surface area contributed by atoms with Crippen LogP contribution in [0, 0.1) is 11.8 Å². The van der Waals surface area contributed by atoms with Crippen LogP contribution in [0.25, 0.3) is 0 Å². The van der Waals surface area contributed by atoms with Crippen molar-refractivity contribution in [2.75, 3.05) is 0 Å². The standard InChI is InChI=1S/C13H21N/c1-10(2)8-12(9-14-4)13-7-5-6-11(13)3/h8-9,11,13H,4-7H2,1-3H3/b12-9-. The normalized spacial score (nSPS) is 27.5. The Hall–Kier alpha value is -0.850. The van der Waals surface area contributed by atoms with E-state index in [1.807, 2.05) is 6.20 Å². The second-order valence-electron chi connectivity index (χ2n) is 4.55. The summed E-state index contributed by atoms with van der Waals surface area (Å²) in [7, 11) is 0. The van der Waals surface area contributed by atoms with E-state index < -0.39 is 0 Å². The van der Waals surface area contributed by atoms with Gasteiger partial charge in [-0.15, -0.1) is 0 Å². The van der Waals surface area contributed by atoms with Crippen LogP contribution >= 0.6 is 0 Å². The van der Waals surface area contributed by atoms with E-state index in [-0.39, 0.29) is 0 Å². The smallest absolute Gasteiger partial charge is 0.0295 e. The monoisotopic (exact) mass is 191 g/mol. The van der Waals surface area contributed by atoms with E-state index in [4.69, 9.17) is 0 Å². The minimum Gasteiger partial charge on any atom is -0.272 e. The summed E-state index contributed by atoms with van der Waals surface area (Å²) in [4.78, 5) is 3.91. The van der Waals surface area contributed by atoms with Crippen LogP contribution in [0.3, 0.4) is 0 Å². The molecule has 1 aliphatic carbocycles. The zero-order valence-electron chi connectivity index (χ0n) is 9.59. The highest BCUT2D eigenvalue weighted by Gasteiger charge is 2.25. The molecule has 0 N–H and O–H groups in total. The number of aliphatic imine (C=N–C) groups is 1. The molecular formula is C13H21N. The first-order chi connectivity index (χ1) is 6.65. The van der Waals surface area contributed by atoms with Crippen molar-refractivity contribution in [3.05, 3.63) is 23.4 Å². The van der Waals surface area contributed by atoms with Crippen molar-refractivity contribution < 1.29 is 0 Å². The highest BCUT2D eigenvalue weighted by molar-refractivity contribution is 5.31. The lowest BCUT2D eigenvalue weighted by atomic mass is 9.89. The molecule has 1 fully saturated rings. The molecule has 0 aromatic rings. The number of hydrogen-bond acceptors (Lipinski definition) is 1. The predicted molar refractivity (Wildman–Crippen MR) is 63.6 cm³/mol. The van der Waals surface area contributed by atoms with Crippen molar-refractivity contribution in [2.24, 2.45) is 16.8 Å². The van der Waals surface area contributed by atoms with Gasteiger partial charge in [0.05, 0.1) is 0 Å². The van der Waals surface area contributed by atoms with Gasteiger partial charge in [0.25, 0.3) is 0 Å². The van der Waals surface area contributed by atoms with Crippen molar-refractivity contribution in [1.29, 1.82) is 0 Å². The van der Waals surface area contributed by atoms with E-state index in [0.717, 1.165) is 5.92 Å². The molecule has 2 unspecified atom stereocenters. The summed E-state index contributed by atoms with van der Waals surface area (Å²) in [6.45, 7) is 10.2. The molecule has 1 saturated carbocycles. The van der Waals surface area contributed by atoms with Crippen molar-refractivity contribution in [2.45, 2.75) is 40.0 Å². The number of rotatable bonds is 3. The van der Waals surface area contributed by atoms with Crippen molar-refractivity contribution in [3.8, 4) is 0 Å². The van der Waals surface area contributed by atoms with Crippen LogP contribution in [0.4, 0.5) is 0 Å². The number of hydrogen-bond donors (Lipinski definition) is 0. The summed E-state index contributed by atoms with van der Waals surface area (Å²) in [6.07, 6.45) is 8.21. The van der Waals surface area contributed by atoms with Gasteiger partial charge in [0.1, 0.15) is 0 Å². The average molecular weight is 191 g/mol. The fourth-order valence-electron chi connectivity index (χ4n) is 2.32. The first kappa shape index (κ1) is 11.2. The van der Waals surface area contributed by atoms with Crippen LogP contribution in [-0.4, -0.2) is 6.72 Å². The van der Waals surface area contributed by atoms with Gasteiger partial charge in [0.15, 0.2) is 0 Å². The minimum absolute atomic E-state index is 0.704. The van der Waals surface area contributed by atoms with E-state index in [1.165, 1.54) is 30.4 Å². The van der Waals surface area contributed by atoms with Gasteiger partial charge in [0, 0.05) is 6.20 Å². The molecule has 0 heterocycles. The van der Waals surface area contributed by atoms with Crippen LogP contribution in [0.5, 0.6) is 0 Å². The van der Waals surface area contributed by atoms with Crippen LogP contribution in [-0.2, 0) is 0 Å². The SMILES string of the molecule is C=N/C=C(/C=C(C)C)C1CCCC1C. The Bertz CT molecular complexity index is 256. The Morgan fingerprint density at radius 2 is 2.07 bits per heavy atom. The Morgan fingerprint density at radius 1 is 1.36 bits per heavy atom. The van der Waals surface area contributed by atoms with Gasteiger partial charge in [0.2, 0.25) is 0 Å². The minimum atomic E-state index is 0.704. The maximum atomic E-state index is 3.91. The van der Waals surface area contributed by atoms with Gasteiger partial charge in [-0.1, -0.05) is 31.4 Å². The molecule has 0 bridgehead atoms. The lowest BCUT2D eigenvalue weighted by Gasteiger charge is -2.16. The summed E-state index contributed by atoms with van der Waals surface area (Å²) in [5, 5.41) is 0. The van der Waals surface area contributed by atoms with Crippen molar-refractivity contribution in [1.82, 2.24) is 0 Å². The third-order valence-corrected chi connectivity index (χ3v) is 2.99. The van der Waals surface area contributed by atoms with Crippen molar-refractivity contribution >= 4 is 6.72 Å². The highest BCUT2D eigenvalue weighted by Crippen LogP contribution is 2.37. The maximum Gasteiger partial charge on any atom is 0.0295 e. The molecule has 2 atom stereocenters.